The molecule has 0 heterocycles. The van der Waals surface area contributed by atoms with Gasteiger partial charge in [0.05, 0.1) is 5.56 Å². The van der Waals surface area contributed by atoms with E-state index in [2.05, 4.69) is 0 Å². The molecular weight excluding hydrogens is 271 g/mol. The van der Waals surface area contributed by atoms with E-state index in [0.29, 0.717) is 0 Å². The smallest absolute Gasteiger partial charge is 0.326 e. The molecule has 0 fully saturated rings. The average Bonchev–Trinajstić information content (AvgIpc) is 2.38. The summed E-state index contributed by atoms with van der Waals surface area (Å²) in [5, 5.41) is 0. The van der Waals surface area contributed by atoms with E-state index in [-0.39, 0.29) is 12.1 Å². The Morgan fingerprint density at radius 1 is 0.947 bits per heavy atom. The second kappa shape index (κ2) is 5.67. The zero-order valence-corrected chi connectivity index (χ0v) is 10.8. The Balaban J connectivity index is 2.30. The molecule has 0 bridgehead atoms. The number of benzene rings is 2. The van der Waals surface area contributed by atoms with Crippen molar-refractivity contribution in [2.75, 3.05) is 0 Å². The van der Waals surface area contributed by atoms with E-state index < -0.39 is 11.7 Å². The third-order valence-electron chi connectivity index (χ3n) is 2.58. The summed E-state index contributed by atoms with van der Waals surface area (Å²) in [6.45, 7) is -0.127. The van der Waals surface area contributed by atoms with Crippen molar-refractivity contribution in [2.45, 2.75) is 22.5 Å². The van der Waals surface area contributed by atoms with Crippen molar-refractivity contribution >= 4 is 11.8 Å². The fraction of sp³-hybridized carbons (Fsp3) is 0.143. The van der Waals surface area contributed by atoms with Crippen molar-refractivity contribution in [1.82, 2.24) is 0 Å². The van der Waals surface area contributed by atoms with E-state index in [1.807, 2.05) is 30.3 Å². The molecule has 2 N–H and O–H groups in total. The van der Waals surface area contributed by atoms with Crippen LogP contribution in [-0.4, -0.2) is 0 Å². The van der Waals surface area contributed by atoms with E-state index >= 15 is 0 Å². The molecule has 0 saturated heterocycles. The largest absolute Gasteiger partial charge is 0.416 e. The standard InChI is InChI=1S/C14H12F3NS/c15-14(16,17)13-7-6-12(8-10(13)9-18)19-11-4-2-1-3-5-11/h1-8H,9,18H2. The second-order valence-corrected chi connectivity index (χ2v) is 5.08. The number of halogens is 3. The van der Waals surface area contributed by atoms with Gasteiger partial charge in [0.15, 0.2) is 0 Å². The minimum atomic E-state index is -4.36. The maximum Gasteiger partial charge on any atom is 0.416 e. The Bertz CT molecular complexity index is 552. The van der Waals surface area contributed by atoms with Crippen LogP contribution in [0.15, 0.2) is 58.3 Å². The van der Waals surface area contributed by atoms with Gasteiger partial charge in [-0.1, -0.05) is 30.0 Å². The highest BCUT2D eigenvalue weighted by molar-refractivity contribution is 7.99. The number of rotatable bonds is 3. The Morgan fingerprint density at radius 2 is 1.63 bits per heavy atom. The van der Waals surface area contributed by atoms with Gasteiger partial charge in [0, 0.05) is 16.3 Å². The molecular formula is C14H12F3NS. The summed E-state index contributed by atoms with van der Waals surface area (Å²) >= 11 is 1.41. The van der Waals surface area contributed by atoms with Crippen LogP contribution in [0.4, 0.5) is 13.2 Å². The normalized spacial score (nSPS) is 11.6. The van der Waals surface area contributed by atoms with Gasteiger partial charge in [-0.15, -0.1) is 0 Å². The molecule has 2 aromatic carbocycles. The maximum atomic E-state index is 12.7. The van der Waals surface area contributed by atoms with Crippen LogP contribution in [0.5, 0.6) is 0 Å². The fourth-order valence-electron chi connectivity index (χ4n) is 1.70. The van der Waals surface area contributed by atoms with Gasteiger partial charge < -0.3 is 5.73 Å². The minimum absolute atomic E-state index is 0.119. The van der Waals surface area contributed by atoms with Gasteiger partial charge in [0.25, 0.3) is 0 Å². The lowest BCUT2D eigenvalue weighted by Crippen LogP contribution is -2.11. The molecule has 0 aliphatic heterocycles. The quantitative estimate of drug-likeness (QED) is 0.908. The van der Waals surface area contributed by atoms with Crippen molar-refractivity contribution in [3.05, 3.63) is 59.7 Å². The predicted molar refractivity (Wildman–Crippen MR) is 69.9 cm³/mol. The van der Waals surface area contributed by atoms with Crippen molar-refractivity contribution in [3.63, 3.8) is 0 Å². The van der Waals surface area contributed by atoms with Gasteiger partial charge >= 0.3 is 6.18 Å². The molecule has 0 aromatic heterocycles. The first-order valence-corrected chi connectivity index (χ1v) is 6.45. The molecule has 0 amide bonds. The van der Waals surface area contributed by atoms with Crippen LogP contribution in [-0.2, 0) is 12.7 Å². The summed E-state index contributed by atoms with van der Waals surface area (Å²) in [5.74, 6) is 0. The summed E-state index contributed by atoms with van der Waals surface area (Å²) in [6.07, 6.45) is -4.36. The zero-order chi connectivity index (χ0) is 13.9. The van der Waals surface area contributed by atoms with E-state index in [4.69, 9.17) is 5.73 Å². The molecule has 19 heavy (non-hydrogen) atoms. The van der Waals surface area contributed by atoms with Gasteiger partial charge in [-0.05, 0) is 35.9 Å². The molecule has 100 valence electrons. The monoisotopic (exact) mass is 283 g/mol. The number of nitrogens with two attached hydrogens (primary N) is 1. The number of hydrogen-bond acceptors (Lipinski definition) is 2. The fourth-order valence-corrected chi connectivity index (χ4v) is 2.61. The highest BCUT2D eigenvalue weighted by Gasteiger charge is 2.32. The van der Waals surface area contributed by atoms with Crippen molar-refractivity contribution in [2.24, 2.45) is 5.73 Å². The van der Waals surface area contributed by atoms with Crippen LogP contribution >= 0.6 is 11.8 Å². The zero-order valence-electron chi connectivity index (χ0n) is 9.95. The van der Waals surface area contributed by atoms with Gasteiger partial charge in [0.1, 0.15) is 0 Å². The van der Waals surface area contributed by atoms with Crippen LogP contribution in [0.25, 0.3) is 0 Å². The van der Waals surface area contributed by atoms with Gasteiger partial charge in [-0.2, -0.15) is 13.2 Å². The first-order chi connectivity index (χ1) is 9.00. The highest BCUT2D eigenvalue weighted by atomic mass is 32.2. The summed E-state index contributed by atoms with van der Waals surface area (Å²) in [4.78, 5) is 1.73. The van der Waals surface area contributed by atoms with Crippen LogP contribution in [0.2, 0.25) is 0 Å². The topological polar surface area (TPSA) is 26.0 Å². The van der Waals surface area contributed by atoms with E-state index in [1.54, 1.807) is 0 Å². The SMILES string of the molecule is NCc1cc(Sc2ccccc2)ccc1C(F)(F)F. The van der Waals surface area contributed by atoms with Crippen molar-refractivity contribution in [3.8, 4) is 0 Å². The van der Waals surface area contributed by atoms with Gasteiger partial charge in [0.2, 0.25) is 0 Å². The third kappa shape index (κ3) is 3.52. The Kier molecular flexibility index (Phi) is 4.17. The predicted octanol–water partition coefficient (Wildman–Crippen LogP) is 4.32. The molecule has 0 spiro atoms. The first kappa shape index (κ1) is 14.0. The van der Waals surface area contributed by atoms with Crippen molar-refractivity contribution in [1.29, 1.82) is 0 Å². The molecule has 5 heteroatoms. The van der Waals surface area contributed by atoms with Crippen LogP contribution in [0.3, 0.4) is 0 Å². The Labute approximate surface area is 113 Å². The Morgan fingerprint density at radius 3 is 2.21 bits per heavy atom. The maximum absolute atomic E-state index is 12.7. The Hall–Kier alpha value is -1.46. The molecule has 0 aliphatic rings. The molecule has 1 nitrogen and oxygen atoms in total. The highest BCUT2D eigenvalue weighted by Crippen LogP contribution is 2.35. The lowest BCUT2D eigenvalue weighted by Gasteiger charge is -2.13. The molecule has 0 aliphatic carbocycles. The summed E-state index contributed by atoms with van der Waals surface area (Å²) in [7, 11) is 0. The van der Waals surface area contributed by atoms with Gasteiger partial charge in [-0.3, -0.25) is 0 Å². The van der Waals surface area contributed by atoms with Crippen LogP contribution in [0.1, 0.15) is 11.1 Å². The van der Waals surface area contributed by atoms with Crippen molar-refractivity contribution < 1.29 is 13.2 Å². The lowest BCUT2D eigenvalue weighted by atomic mass is 10.1. The van der Waals surface area contributed by atoms with E-state index in [0.717, 1.165) is 15.9 Å². The summed E-state index contributed by atoms with van der Waals surface area (Å²) in [6, 6.07) is 13.5. The second-order valence-electron chi connectivity index (χ2n) is 3.94. The van der Waals surface area contributed by atoms with Gasteiger partial charge in [-0.25, -0.2) is 0 Å². The number of alkyl halides is 3. The number of hydrogen-bond donors (Lipinski definition) is 1. The van der Waals surface area contributed by atoms with E-state index in [9.17, 15) is 13.2 Å². The molecule has 0 saturated carbocycles. The minimum Gasteiger partial charge on any atom is -0.326 e. The molecule has 2 aromatic rings. The molecule has 0 radical (unpaired) electrons. The molecule has 0 atom stereocenters. The van der Waals surface area contributed by atoms with Crippen LogP contribution in [0, 0.1) is 0 Å². The average molecular weight is 283 g/mol. The molecule has 2 rings (SSSR count). The lowest BCUT2D eigenvalue weighted by molar-refractivity contribution is -0.138. The van der Waals surface area contributed by atoms with E-state index in [1.165, 1.54) is 23.9 Å². The van der Waals surface area contributed by atoms with Crippen LogP contribution < -0.4 is 5.73 Å². The third-order valence-corrected chi connectivity index (χ3v) is 3.58. The summed E-state index contributed by atoms with van der Waals surface area (Å²) in [5.41, 5.74) is 4.86. The summed E-state index contributed by atoms with van der Waals surface area (Å²) < 4.78 is 38.2. The molecule has 0 unspecified atom stereocenters. The first-order valence-electron chi connectivity index (χ1n) is 5.64.